The fourth-order valence-corrected chi connectivity index (χ4v) is 1.58. The van der Waals surface area contributed by atoms with Gasteiger partial charge in [-0.15, -0.1) is 0 Å². The highest BCUT2D eigenvalue weighted by atomic mass is 16.5. The van der Waals surface area contributed by atoms with E-state index >= 15 is 0 Å². The molecule has 0 spiro atoms. The summed E-state index contributed by atoms with van der Waals surface area (Å²) in [4.78, 5) is 13.8. The third kappa shape index (κ3) is 7.60. The molecule has 108 valence electrons. The zero-order valence-corrected chi connectivity index (χ0v) is 11.6. The molecule has 0 heterocycles. The number of amides is 1. The van der Waals surface area contributed by atoms with Crippen molar-refractivity contribution < 1.29 is 19.4 Å². The second kappa shape index (κ2) is 11.4. The number of hydrogen-bond acceptors (Lipinski definition) is 5. The Kier molecular flexibility index (Phi) is 11.0. The quantitative estimate of drug-likeness (QED) is 0.490. The number of aliphatic hydroxyl groups is 1. The van der Waals surface area contributed by atoms with E-state index < -0.39 is 0 Å². The molecule has 0 aliphatic heterocycles. The van der Waals surface area contributed by atoms with Crippen LogP contribution in [0.15, 0.2) is 0 Å². The standard InChI is InChI=1S/C12H26N2O4/c1-11(12(16)13-5-4-9-17-2)14(6-8-15)7-10-18-3/h11,15H,4-10H2,1-3H3,(H,13,16). The normalized spacial score (nSPS) is 12.7. The van der Waals surface area contributed by atoms with Crippen LogP contribution in [0.5, 0.6) is 0 Å². The van der Waals surface area contributed by atoms with Crippen LogP contribution in [0.3, 0.4) is 0 Å². The SMILES string of the molecule is COCCCNC(=O)C(C)N(CCO)CCOC. The molecule has 0 saturated carbocycles. The first kappa shape index (κ1) is 17.3. The van der Waals surface area contributed by atoms with Crippen LogP contribution < -0.4 is 5.32 Å². The third-order valence-electron chi connectivity index (χ3n) is 2.72. The Balaban J connectivity index is 4.02. The predicted octanol–water partition coefficient (Wildman–Crippen LogP) is -0.532. The Morgan fingerprint density at radius 1 is 1.28 bits per heavy atom. The second-order valence-corrected chi connectivity index (χ2v) is 4.07. The summed E-state index contributed by atoms with van der Waals surface area (Å²) < 4.78 is 9.90. The van der Waals surface area contributed by atoms with Gasteiger partial charge in [-0.2, -0.15) is 0 Å². The number of rotatable bonds is 11. The van der Waals surface area contributed by atoms with Crippen LogP contribution in [-0.4, -0.2) is 75.6 Å². The van der Waals surface area contributed by atoms with E-state index in [2.05, 4.69) is 5.32 Å². The predicted molar refractivity (Wildman–Crippen MR) is 69.5 cm³/mol. The lowest BCUT2D eigenvalue weighted by Gasteiger charge is -2.27. The zero-order chi connectivity index (χ0) is 13.8. The van der Waals surface area contributed by atoms with Crippen LogP contribution in [0.1, 0.15) is 13.3 Å². The van der Waals surface area contributed by atoms with Gasteiger partial charge in [-0.1, -0.05) is 0 Å². The average molecular weight is 262 g/mol. The minimum atomic E-state index is -0.269. The first-order valence-electron chi connectivity index (χ1n) is 6.27. The van der Waals surface area contributed by atoms with Gasteiger partial charge in [0.15, 0.2) is 0 Å². The summed E-state index contributed by atoms with van der Waals surface area (Å²) in [6.07, 6.45) is 0.799. The fraction of sp³-hybridized carbons (Fsp3) is 0.917. The van der Waals surface area contributed by atoms with Crippen LogP contribution in [0.2, 0.25) is 0 Å². The molecule has 0 bridgehead atoms. The van der Waals surface area contributed by atoms with Gasteiger partial charge < -0.3 is 19.9 Å². The van der Waals surface area contributed by atoms with Gasteiger partial charge in [0.05, 0.1) is 19.3 Å². The van der Waals surface area contributed by atoms with Crippen LogP contribution in [0.25, 0.3) is 0 Å². The minimum absolute atomic E-state index is 0.0318. The summed E-state index contributed by atoms with van der Waals surface area (Å²) >= 11 is 0. The van der Waals surface area contributed by atoms with Gasteiger partial charge in [0.2, 0.25) is 5.91 Å². The van der Waals surface area contributed by atoms with E-state index in [-0.39, 0.29) is 18.6 Å². The molecule has 1 atom stereocenters. The van der Waals surface area contributed by atoms with E-state index in [9.17, 15) is 4.79 Å². The van der Waals surface area contributed by atoms with E-state index in [1.807, 2.05) is 11.8 Å². The number of carbonyl (C=O) groups excluding carboxylic acids is 1. The zero-order valence-electron chi connectivity index (χ0n) is 11.6. The molecule has 0 aliphatic carbocycles. The third-order valence-corrected chi connectivity index (χ3v) is 2.72. The summed E-state index contributed by atoms with van der Waals surface area (Å²) in [5, 5.41) is 11.8. The Morgan fingerprint density at radius 2 is 1.94 bits per heavy atom. The Bertz CT molecular complexity index is 214. The number of nitrogens with one attached hydrogen (secondary N) is 1. The molecule has 6 heteroatoms. The maximum Gasteiger partial charge on any atom is 0.237 e. The summed E-state index contributed by atoms with van der Waals surface area (Å²) in [5.41, 5.74) is 0. The highest BCUT2D eigenvalue weighted by Gasteiger charge is 2.19. The van der Waals surface area contributed by atoms with Crippen LogP contribution >= 0.6 is 0 Å². The number of hydrogen-bond donors (Lipinski definition) is 2. The molecule has 0 aromatic heterocycles. The van der Waals surface area contributed by atoms with Gasteiger partial charge in [0, 0.05) is 40.5 Å². The van der Waals surface area contributed by atoms with Crippen molar-refractivity contribution in [2.75, 3.05) is 53.7 Å². The summed E-state index contributed by atoms with van der Waals surface area (Å²) in [6, 6.07) is -0.269. The van der Waals surface area contributed by atoms with Crippen molar-refractivity contribution in [3.05, 3.63) is 0 Å². The van der Waals surface area contributed by atoms with E-state index in [0.29, 0.717) is 32.8 Å². The lowest BCUT2D eigenvalue weighted by molar-refractivity contribution is -0.126. The fourth-order valence-electron chi connectivity index (χ4n) is 1.58. The number of aliphatic hydroxyl groups excluding tert-OH is 1. The van der Waals surface area contributed by atoms with Crippen molar-refractivity contribution in [2.45, 2.75) is 19.4 Å². The smallest absolute Gasteiger partial charge is 0.237 e. The first-order chi connectivity index (χ1) is 8.67. The van der Waals surface area contributed by atoms with Crippen molar-refractivity contribution in [1.82, 2.24) is 10.2 Å². The van der Waals surface area contributed by atoms with Crippen molar-refractivity contribution in [1.29, 1.82) is 0 Å². The van der Waals surface area contributed by atoms with Gasteiger partial charge in [0.25, 0.3) is 0 Å². The lowest BCUT2D eigenvalue weighted by atomic mass is 10.2. The molecule has 0 aliphatic rings. The molecular weight excluding hydrogens is 236 g/mol. The highest BCUT2D eigenvalue weighted by Crippen LogP contribution is 1.99. The molecule has 18 heavy (non-hydrogen) atoms. The molecule has 0 aromatic carbocycles. The topological polar surface area (TPSA) is 71.0 Å². The highest BCUT2D eigenvalue weighted by molar-refractivity contribution is 5.81. The van der Waals surface area contributed by atoms with E-state index in [1.54, 1.807) is 14.2 Å². The molecule has 0 radical (unpaired) electrons. The van der Waals surface area contributed by atoms with E-state index in [4.69, 9.17) is 14.6 Å². The lowest BCUT2D eigenvalue weighted by Crippen LogP contribution is -2.47. The van der Waals surface area contributed by atoms with Crippen molar-refractivity contribution in [2.24, 2.45) is 0 Å². The molecule has 0 rings (SSSR count). The molecule has 2 N–H and O–H groups in total. The van der Waals surface area contributed by atoms with Crippen molar-refractivity contribution in [3.8, 4) is 0 Å². The molecular formula is C12H26N2O4. The van der Waals surface area contributed by atoms with Crippen LogP contribution in [0, 0.1) is 0 Å². The summed E-state index contributed by atoms with van der Waals surface area (Å²) in [6.45, 7) is 4.75. The monoisotopic (exact) mass is 262 g/mol. The molecule has 0 fully saturated rings. The van der Waals surface area contributed by atoms with Crippen LogP contribution in [-0.2, 0) is 14.3 Å². The van der Waals surface area contributed by atoms with Gasteiger partial charge in [-0.05, 0) is 13.3 Å². The molecule has 6 nitrogen and oxygen atoms in total. The van der Waals surface area contributed by atoms with Crippen LogP contribution in [0.4, 0.5) is 0 Å². The van der Waals surface area contributed by atoms with Gasteiger partial charge in [0.1, 0.15) is 0 Å². The maximum atomic E-state index is 11.9. The molecule has 1 unspecified atom stereocenters. The van der Waals surface area contributed by atoms with Crippen molar-refractivity contribution in [3.63, 3.8) is 0 Å². The van der Waals surface area contributed by atoms with E-state index in [1.165, 1.54) is 0 Å². The van der Waals surface area contributed by atoms with E-state index in [0.717, 1.165) is 6.42 Å². The van der Waals surface area contributed by atoms with Gasteiger partial charge in [-0.25, -0.2) is 0 Å². The maximum absolute atomic E-state index is 11.9. The number of ether oxygens (including phenoxy) is 2. The van der Waals surface area contributed by atoms with Gasteiger partial charge in [-0.3, -0.25) is 9.69 Å². The Hall–Kier alpha value is -0.690. The molecule has 0 aromatic rings. The Morgan fingerprint density at radius 3 is 2.50 bits per heavy atom. The number of carbonyl (C=O) groups is 1. The summed E-state index contributed by atoms with van der Waals surface area (Å²) in [5.74, 6) is -0.0318. The number of methoxy groups -OCH3 is 2. The second-order valence-electron chi connectivity index (χ2n) is 4.07. The minimum Gasteiger partial charge on any atom is -0.395 e. The van der Waals surface area contributed by atoms with Gasteiger partial charge >= 0.3 is 0 Å². The summed E-state index contributed by atoms with van der Waals surface area (Å²) in [7, 11) is 3.25. The number of nitrogens with zero attached hydrogens (tertiary/aromatic N) is 1. The largest absolute Gasteiger partial charge is 0.395 e. The Labute approximate surface area is 109 Å². The molecule has 0 saturated heterocycles. The molecule has 1 amide bonds. The average Bonchev–Trinajstić information content (AvgIpc) is 2.38. The van der Waals surface area contributed by atoms with Crippen molar-refractivity contribution >= 4 is 5.91 Å². The first-order valence-corrected chi connectivity index (χ1v) is 6.27.